The highest BCUT2D eigenvalue weighted by atomic mass is 32.2. The van der Waals surface area contributed by atoms with E-state index < -0.39 is 15.4 Å². The second kappa shape index (κ2) is 5.12. The normalized spacial score (nSPS) is 45.6. The summed E-state index contributed by atoms with van der Waals surface area (Å²) in [4.78, 5) is 0. The van der Waals surface area contributed by atoms with Gasteiger partial charge >= 0.3 is 0 Å². The molecular weight excluding hydrogens is 248 g/mol. The van der Waals surface area contributed by atoms with Crippen LogP contribution in [-0.4, -0.2) is 18.2 Å². The Morgan fingerprint density at radius 3 is 2.33 bits per heavy atom. The van der Waals surface area contributed by atoms with Crippen molar-refractivity contribution >= 4 is 10.1 Å². The topological polar surface area (TPSA) is 54.4 Å². The first kappa shape index (κ1) is 14.3. The van der Waals surface area contributed by atoms with E-state index in [4.69, 9.17) is 0 Å². The molecule has 1 N–H and O–H groups in total. The van der Waals surface area contributed by atoms with Crippen molar-refractivity contribution in [1.82, 2.24) is 0 Å². The summed E-state index contributed by atoms with van der Waals surface area (Å²) in [5.41, 5.74) is 0. The van der Waals surface area contributed by atoms with E-state index >= 15 is 0 Å². The van der Waals surface area contributed by atoms with Crippen LogP contribution in [0.3, 0.4) is 0 Å². The molecule has 0 radical (unpaired) electrons. The molecule has 0 spiro atoms. The van der Waals surface area contributed by atoms with Crippen molar-refractivity contribution in [2.24, 2.45) is 29.6 Å². The molecule has 2 saturated carbocycles. The van der Waals surface area contributed by atoms with Crippen LogP contribution in [0.2, 0.25) is 0 Å². The van der Waals surface area contributed by atoms with Gasteiger partial charge in [-0.15, -0.1) is 0 Å². The predicted octanol–water partition coefficient (Wildman–Crippen LogP) is 3.36. The molecular formula is C14H26O3S. The van der Waals surface area contributed by atoms with Crippen molar-refractivity contribution in [3.8, 4) is 0 Å². The number of fused-ring (bicyclic) bond motifs is 1. The minimum absolute atomic E-state index is 0.189. The molecule has 0 aromatic heterocycles. The number of hydrogen-bond acceptors (Lipinski definition) is 2. The van der Waals surface area contributed by atoms with Crippen molar-refractivity contribution in [3.05, 3.63) is 0 Å². The molecule has 2 aliphatic rings. The second-order valence-corrected chi connectivity index (χ2v) is 8.18. The van der Waals surface area contributed by atoms with Gasteiger partial charge in [0.05, 0.1) is 5.25 Å². The van der Waals surface area contributed by atoms with Crippen LogP contribution in [-0.2, 0) is 10.1 Å². The van der Waals surface area contributed by atoms with E-state index in [1.165, 1.54) is 0 Å². The molecule has 3 nitrogen and oxygen atoms in total. The summed E-state index contributed by atoms with van der Waals surface area (Å²) >= 11 is 0. The lowest BCUT2D eigenvalue weighted by molar-refractivity contribution is 0.0488. The largest absolute Gasteiger partial charge is 0.285 e. The van der Waals surface area contributed by atoms with E-state index in [-0.39, 0.29) is 5.92 Å². The zero-order valence-corrected chi connectivity index (χ0v) is 12.5. The molecule has 0 aromatic rings. The second-order valence-electron chi connectivity index (χ2n) is 6.54. The standard InChI is InChI=1S/C14H26O3S/c1-4-11-7-13-10(3)9(2)5-6-12(13)14(8-11)18(15,16)17/h9-14H,4-8H2,1-3H3,(H,15,16,17). The van der Waals surface area contributed by atoms with Crippen LogP contribution in [0.15, 0.2) is 0 Å². The number of hydrogen-bond donors (Lipinski definition) is 1. The molecule has 18 heavy (non-hydrogen) atoms. The lowest BCUT2D eigenvalue weighted by Crippen LogP contribution is -2.46. The fraction of sp³-hybridized carbons (Fsp3) is 1.00. The molecule has 0 heterocycles. The first-order valence-corrected chi connectivity index (χ1v) is 8.81. The molecule has 0 aromatic carbocycles. The van der Waals surface area contributed by atoms with Crippen LogP contribution in [0.4, 0.5) is 0 Å². The first-order chi connectivity index (χ1) is 8.34. The molecule has 2 fully saturated rings. The highest BCUT2D eigenvalue weighted by molar-refractivity contribution is 7.86. The van der Waals surface area contributed by atoms with Gasteiger partial charge in [-0.3, -0.25) is 4.55 Å². The fourth-order valence-corrected chi connectivity index (χ4v) is 5.55. The molecule has 0 amide bonds. The maximum Gasteiger partial charge on any atom is 0.268 e. The number of rotatable bonds is 2. The average molecular weight is 274 g/mol. The molecule has 0 saturated heterocycles. The first-order valence-electron chi connectivity index (χ1n) is 7.30. The molecule has 2 aliphatic carbocycles. The van der Waals surface area contributed by atoms with E-state index in [9.17, 15) is 13.0 Å². The summed E-state index contributed by atoms with van der Waals surface area (Å²) in [6.07, 6.45) is 4.91. The van der Waals surface area contributed by atoms with Crippen molar-refractivity contribution < 1.29 is 13.0 Å². The van der Waals surface area contributed by atoms with Crippen LogP contribution in [0.1, 0.15) is 52.9 Å². The Hall–Kier alpha value is -0.0900. The van der Waals surface area contributed by atoms with Crippen LogP contribution < -0.4 is 0 Å². The Morgan fingerprint density at radius 1 is 1.11 bits per heavy atom. The summed E-state index contributed by atoms with van der Waals surface area (Å²) in [7, 11) is -3.88. The van der Waals surface area contributed by atoms with Gasteiger partial charge in [-0.25, -0.2) is 0 Å². The van der Waals surface area contributed by atoms with Gasteiger partial charge in [0, 0.05) is 0 Å². The van der Waals surface area contributed by atoms with Crippen molar-refractivity contribution in [2.45, 2.75) is 58.1 Å². The van der Waals surface area contributed by atoms with Crippen LogP contribution >= 0.6 is 0 Å². The van der Waals surface area contributed by atoms with E-state index in [1.807, 2.05) is 0 Å². The summed E-state index contributed by atoms with van der Waals surface area (Å²) < 4.78 is 32.8. The molecule has 0 aliphatic heterocycles. The smallest absolute Gasteiger partial charge is 0.268 e. The third kappa shape index (κ3) is 2.60. The summed E-state index contributed by atoms with van der Waals surface area (Å²) in [5, 5.41) is -0.504. The van der Waals surface area contributed by atoms with E-state index in [0.29, 0.717) is 30.1 Å². The molecule has 4 heteroatoms. The third-order valence-electron chi connectivity index (χ3n) is 5.69. The molecule has 2 rings (SSSR count). The van der Waals surface area contributed by atoms with Gasteiger partial charge in [-0.1, -0.05) is 33.6 Å². The lowest BCUT2D eigenvalue weighted by Gasteiger charge is -2.48. The van der Waals surface area contributed by atoms with E-state index in [0.717, 1.165) is 25.7 Å². The van der Waals surface area contributed by atoms with Gasteiger partial charge in [0.15, 0.2) is 0 Å². The van der Waals surface area contributed by atoms with Crippen LogP contribution in [0.5, 0.6) is 0 Å². The Bertz CT molecular complexity index is 390. The maximum absolute atomic E-state index is 11.6. The fourth-order valence-electron chi connectivity index (χ4n) is 4.26. The molecule has 6 unspecified atom stereocenters. The highest BCUT2D eigenvalue weighted by Gasteiger charge is 2.47. The molecule has 0 bridgehead atoms. The SMILES string of the molecule is CCC1CC2C(C)C(C)CCC2C(S(=O)(=O)O)C1. The summed E-state index contributed by atoms with van der Waals surface area (Å²) in [5.74, 6) is 2.41. The van der Waals surface area contributed by atoms with Crippen molar-refractivity contribution in [3.63, 3.8) is 0 Å². The van der Waals surface area contributed by atoms with Gasteiger partial charge < -0.3 is 0 Å². The van der Waals surface area contributed by atoms with E-state index in [2.05, 4.69) is 20.8 Å². The highest BCUT2D eigenvalue weighted by Crippen LogP contribution is 2.49. The third-order valence-corrected chi connectivity index (χ3v) is 6.99. The molecule has 106 valence electrons. The van der Waals surface area contributed by atoms with E-state index in [1.54, 1.807) is 0 Å². The van der Waals surface area contributed by atoms with Gasteiger partial charge in [-0.05, 0) is 48.9 Å². The quantitative estimate of drug-likeness (QED) is 0.786. The van der Waals surface area contributed by atoms with Gasteiger partial charge in [0.1, 0.15) is 0 Å². The Balaban J connectivity index is 2.27. The maximum atomic E-state index is 11.6. The summed E-state index contributed by atoms with van der Waals surface area (Å²) in [6.45, 7) is 6.67. The molecule has 6 atom stereocenters. The van der Waals surface area contributed by atoms with Crippen molar-refractivity contribution in [1.29, 1.82) is 0 Å². The summed E-state index contributed by atoms with van der Waals surface area (Å²) in [6, 6.07) is 0. The Morgan fingerprint density at radius 2 is 1.78 bits per heavy atom. The Labute approximate surface area is 111 Å². The van der Waals surface area contributed by atoms with Crippen molar-refractivity contribution in [2.75, 3.05) is 0 Å². The Kier molecular flexibility index (Phi) is 4.07. The van der Waals surface area contributed by atoms with Gasteiger partial charge in [0.25, 0.3) is 10.1 Å². The van der Waals surface area contributed by atoms with Crippen LogP contribution in [0.25, 0.3) is 0 Å². The lowest BCUT2D eigenvalue weighted by atomic mass is 9.60. The monoisotopic (exact) mass is 274 g/mol. The predicted molar refractivity (Wildman–Crippen MR) is 72.9 cm³/mol. The zero-order valence-electron chi connectivity index (χ0n) is 11.7. The minimum atomic E-state index is -3.88. The minimum Gasteiger partial charge on any atom is -0.285 e. The van der Waals surface area contributed by atoms with Gasteiger partial charge in [-0.2, -0.15) is 8.42 Å². The average Bonchev–Trinajstić information content (AvgIpc) is 2.31. The van der Waals surface area contributed by atoms with Gasteiger partial charge in [0.2, 0.25) is 0 Å². The van der Waals surface area contributed by atoms with Crippen LogP contribution in [0, 0.1) is 29.6 Å². The zero-order chi connectivity index (χ0) is 13.5.